The van der Waals surface area contributed by atoms with Crippen LogP contribution in [0, 0.1) is 11.5 Å². The van der Waals surface area contributed by atoms with Crippen LogP contribution in [0.2, 0.25) is 19.1 Å². The van der Waals surface area contributed by atoms with Crippen molar-refractivity contribution >= 4 is 8.07 Å². The lowest BCUT2D eigenvalue weighted by Crippen LogP contribution is -2.30. The van der Waals surface area contributed by atoms with Gasteiger partial charge in [0, 0.05) is 17.2 Å². The zero-order valence-corrected chi connectivity index (χ0v) is 14.8. The number of aliphatic hydroxyl groups excluding tert-OH is 1. The number of rotatable bonds is 2. The van der Waals surface area contributed by atoms with E-state index in [4.69, 9.17) is 0 Å². The van der Waals surface area contributed by atoms with Crippen molar-refractivity contribution in [2.24, 2.45) is 0 Å². The topological polar surface area (TPSA) is 40.5 Å². The third-order valence-electron chi connectivity index (χ3n) is 4.31. The predicted molar refractivity (Wildman–Crippen MR) is 96.6 cm³/mol. The second-order valence-corrected chi connectivity index (χ2v) is 11.4. The molecule has 2 aromatic carbocycles. The van der Waals surface area contributed by atoms with Crippen molar-refractivity contribution in [1.29, 1.82) is 0 Å². The van der Waals surface area contributed by atoms with E-state index in [0.29, 0.717) is 6.04 Å². The van der Waals surface area contributed by atoms with Crippen LogP contribution in [0.4, 0.5) is 0 Å². The summed E-state index contributed by atoms with van der Waals surface area (Å²) in [5, 5.41) is 21.0. The van der Waals surface area contributed by atoms with Gasteiger partial charge in [-0.2, -0.15) is 0 Å². The molecule has 3 heteroatoms. The van der Waals surface area contributed by atoms with Crippen LogP contribution in [0.15, 0.2) is 48.5 Å². The molecule has 0 saturated heterocycles. The van der Waals surface area contributed by atoms with Gasteiger partial charge in [-0.25, -0.2) is 0 Å². The van der Waals surface area contributed by atoms with Gasteiger partial charge >= 0.3 is 0 Å². The smallest absolute Gasteiger partial charge is 0.177 e. The number of aliphatic hydroxyl groups is 2. The Labute approximate surface area is 138 Å². The first kappa shape index (κ1) is 16.0. The van der Waals surface area contributed by atoms with E-state index in [-0.39, 0.29) is 6.10 Å². The lowest BCUT2D eigenvalue weighted by Gasteiger charge is -2.21. The molecule has 0 bridgehead atoms. The highest BCUT2D eigenvalue weighted by atomic mass is 28.3. The van der Waals surface area contributed by atoms with Gasteiger partial charge in [0.1, 0.15) is 8.07 Å². The van der Waals surface area contributed by atoms with E-state index < -0.39 is 13.7 Å². The summed E-state index contributed by atoms with van der Waals surface area (Å²) in [5.74, 6) is 3.17. The summed E-state index contributed by atoms with van der Waals surface area (Å²) in [6.07, 6.45) is -0.358. The summed E-state index contributed by atoms with van der Waals surface area (Å²) >= 11 is 0. The van der Waals surface area contributed by atoms with Crippen molar-refractivity contribution < 1.29 is 10.2 Å². The average molecular weight is 322 g/mol. The molecule has 1 aliphatic carbocycles. The maximum atomic E-state index is 11.4. The Balaban J connectivity index is 2.12. The van der Waals surface area contributed by atoms with Crippen molar-refractivity contribution in [2.75, 3.05) is 0 Å². The first-order chi connectivity index (χ1) is 10.8. The molecule has 1 unspecified atom stereocenters. The maximum Gasteiger partial charge on any atom is 0.177 e. The van der Waals surface area contributed by atoms with Crippen molar-refractivity contribution in [3.63, 3.8) is 0 Å². The molecule has 0 saturated carbocycles. The highest BCUT2D eigenvalue weighted by Crippen LogP contribution is 2.46. The molecule has 3 rings (SSSR count). The largest absolute Gasteiger partial charge is 0.394 e. The van der Waals surface area contributed by atoms with Crippen LogP contribution >= 0.6 is 0 Å². The molecule has 0 fully saturated rings. The van der Waals surface area contributed by atoms with E-state index >= 15 is 0 Å². The molecule has 0 heterocycles. The molecule has 2 nitrogen and oxygen atoms in total. The van der Waals surface area contributed by atoms with E-state index in [1.807, 2.05) is 48.5 Å². The number of fused-ring (bicyclic) bond motifs is 3. The molecule has 0 aliphatic heterocycles. The van der Waals surface area contributed by atoms with E-state index in [1.165, 1.54) is 0 Å². The first-order valence-electron chi connectivity index (χ1n) is 7.98. The van der Waals surface area contributed by atoms with Crippen LogP contribution < -0.4 is 0 Å². The van der Waals surface area contributed by atoms with Crippen LogP contribution in [-0.4, -0.2) is 24.4 Å². The Morgan fingerprint density at radius 1 is 1.00 bits per heavy atom. The Morgan fingerprint density at radius 2 is 1.48 bits per heavy atom. The van der Waals surface area contributed by atoms with Crippen molar-refractivity contribution in [2.45, 2.75) is 37.8 Å². The van der Waals surface area contributed by atoms with Gasteiger partial charge in [0.05, 0.1) is 0 Å². The number of benzene rings is 2. The molecular weight excluding hydrogens is 300 g/mol. The van der Waals surface area contributed by atoms with Crippen LogP contribution in [0.1, 0.15) is 18.1 Å². The molecule has 0 amide bonds. The lowest BCUT2D eigenvalue weighted by atomic mass is 9.93. The normalized spacial score (nSPS) is 16.0. The fraction of sp³-hybridized carbons (Fsp3) is 0.300. The summed E-state index contributed by atoms with van der Waals surface area (Å²) < 4.78 is 0. The minimum absolute atomic E-state index is 0.358. The van der Waals surface area contributed by atoms with Gasteiger partial charge in [-0.1, -0.05) is 67.5 Å². The molecular formula is C20H22O2Si. The minimum Gasteiger partial charge on any atom is -0.394 e. The first-order valence-corrected chi connectivity index (χ1v) is 11.2. The van der Waals surface area contributed by atoms with Gasteiger partial charge in [0.2, 0.25) is 0 Å². The summed E-state index contributed by atoms with van der Waals surface area (Å²) in [6, 6.07) is 16.5. The quantitative estimate of drug-likeness (QED) is 0.656. The Bertz CT molecular complexity index is 751. The highest BCUT2D eigenvalue weighted by Gasteiger charge is 2.40. The van der Waals surface area contributed by atoms with Crippen LogP contribution in [0.3, 0.4) is 0 Å². The van der Waals surface area contributed by atoms with E-state index in [9.17, 15) is 10.2 Å². The summed E-state index contributed by atoms with van der Waals surface area (Å²) in [7, 11) is -1.89. The van der Waals surface area contributed by atoms with Crippen molar-refractivity contribution in [3.05, 3.63) is 59.7 Å². The molecule has 118 valence electrons. The van der Waals surface area contributed by atoms with Gasteiger partial charge in [0.25, 0.3) is 0 Å². The third kappa shape index (κ3) is 2.86. The van der Waals surface area contributed by atoms with Crippen LogP contribution in [0.5, 0.6) is 0 Å². The van der Waals surface area contributed by atoms with Gasteiger partial charge in [-0.3, -0.25) is 0 Å². The van der Waals surface area contributed by atoms with Crippen molar-refractivity contribution in [3.8, 4) is 22.6 Å². The highest BCUT2D eigenvalue weighted by molar-refractivity contribution is 6.85. The average Bonchev–Trinajstić information content (AvgIpc) is 2.76. The summed E-state index contributed by atoms with van der Waals surface area (Å²) in [5.41, 5.74) is 5.90. The SMILES string of the molecule is CC(O)C[Si](C)(C)C#CC1(O)c2ccccc2-c2ccccc21. The Morgan fingerprint density at radius 3 is 1.96 bits per heavy atom. The summed E-state index contributed by atoms with van der Waals surface area (Å²) in [4.78, 5) is 0. The molecule has 2 aromatic rings. The molecule has 2 N–H and O–H groups in total. The number of hydrogen-bond acceptors (Lipinski definition) is 2. The molecule has 23 heavy (non-hydrogen) atoms. The van der Waals surface area contributed by atoms with Crippen molar-refractivity contribution in [1.82, 2.24) is 0 Å². The monoisotopic (exact) mass is 322 g/mol. The zero-order valence-electron chi connectivity index (χ0n) is 13.8. The van der Waals surface area contributed by atoms with E-state index in [2.05, 4.69) is 24.6 Å². The lowest BCUT2D eigenvalue weighted by molar-refractivity contribution is 0.150. The van der Waals surface area contributed by atoms with Crippen LogP contribution in [-0.2, 0) is 5.60 Å². The van der Waals surface area contributed by atoms with Crippen LogP contribution in [0.25, 0.3) is 11.1 Å². The van der Waals surface area contributed by atoms with E-state index in [1.54, 1.807) is 6.92 Å². The Kier molecular flexibility index (Phi) is 3.93. The summed E-state index contributed by atoms with van der Waals surface area (Å²) in [6.45, 7) is 6.05. The van der Waals surface area contributed by atoms with Gasteiger partial charge in [-0.05, 0) is 24.1 Å². The second-order valence-electron chi connectivity index (χ2n) is 6.99. The third-order valence-corrected chi connectivity index (χ3v) is 6.72. The molecule has 0 radical (unpaired) electrons. The van der Waals surface area contributed by atoms with E-state index in [0.717, 1.165) is 22.3 Å². The molecule has 0 spiro atoms. The number of hydrogen-bond donors (Lipinski definition) is 2. The second kappa shape index (κ2) is 5.65. The molecule has 1 atom stereocenters. The van der Waals surface area contributed by atoms with Gasteiger partial charge in [-0.15, -0.1) is 5.54 Å². The minimum atomic E-state index is -1.89. The van der Waals surface area contributed by atoms with Gasteiger partial charge < -0.3 is 10.2 Å². The maximum absolute atomic E-state index is 11.4. The fourth-order valence-corrected chi connectivity index (χ4v) is 5.49. The fourth-order valence-electron chi connectivity index (χ4n) is 3.40. The van der Waals surface area contributed by atoms with Gasteiger partial charge in [0.15, 0.2) is 5.60 Å². The molecule has 1 aliphatic rings. The predicted octanol–water partition coefficient (Wildman–Crippen LogP) is 3.53. The Hall–Kier alpha value is -1.86. The molecule has 0 aromatic heterocycles. The zero-order chi connectivity index (χ0) is 16.7. The standard InChI is InChI=1S/C20H22O2Si/c1-15(21)14-23(2,3)13-12-20(22)18-10-6-4-8-16(18)17-9-5-7-11-19(17)20/h4-11,15,21-22H,14H2,1-3H3.